The number of hydrogen-bond donors (Lipinski definition) is 1. The quantitative estimate of drug-likeness (QED) is 0.464. The second kappa shape index (κ2) is 4.62. The van der Waals surface area contributed by atoms with Crippen LogP contribution in [0.2, 0.25) is 0 Å². The van der Waals surface area contributed by atoms with Crippen LogP contribution in [-0.2, 0) is 4.79 Å². The second-order valence-corrected chi connectivity index (χ2v) is 2.40. The number of rotatable bonds is 3. The third-order valence-electron chi connectivity index (χ3n) is 1.25. The summed E-state index contributed by atoms with van der Waals surface area (Å²) in [5.74, 6) is 0. The van der Waals surface area contributed by atoms with Crippen LogP contribution in [-0.4, -0.2) is 26.7 Å². The summed E-state index contributed by atoms with van der Waals surface area (Å²) >= 11 is 2.54. The van der Waals surface area contributed by atoms with Crippen LogP contribution in [0.1, 0.15) is 0 Å². The Balaban J connectivity index is 2.94. The maximum atomic E-state index is 10.1. The van der Waals surface area contributed by atoms with Gasteiger partial charge in [-0.1, -0.05) is 0 Å². The Hall–Kier alpha value is -1.21. The number of carbonyl (C=O) groups excluding carboxylic acids is 1. The van der Waals surface area contributed by atoms with Gasteiger partial charge in [-0.05, 0) is 0 Å². The van der Waals surface area contributed by atoms with E-state index in [0.29, 0.717) is 6.41 Å². The van der Waals surface area contributed by atoms with Gasteiger partial charge in [0.1, 0.15) is 0 Å². The Morgan fingerprint density at radius 1 is 1.58 bits per heavy atom. The summed E-state index contributed by atoms with van der Waals surface area (Å²) in [6.45, 7) is 0. The Bertz CT molecular complexity index is 332. The summed E-state index contributed by atoms with van der Waals surface area (Å²) in [4.78, 5) is 14.0. The van der Waals surface area contributed by atoms with Gasteiger partial charge in [0, 0.05) is 0 Å². The molecule has 0 bridgehead atoms. The summed E-state index contributed by atoms with van der Waals surface area (Å²) in [5.41, 5.74) is 1.47. The fraction of sp³-hybridized carbons (Fsp3) is 0. The van der Waals surface area contributed by atoms with Crippen LogP contribution in [0.15, 0.2) is 29.3 Å². The number of aliphatic imine (C=N–C) groups is 1. The number of carbonyl (C=O) groups is 1. The van der Waals surface area contributed by atoms with Crippen molar-refractivity contribution in [3.05, 3.63) is 24.3 Å². The third-order valence-corrected chi connectivity index (χ3v) is 1.44. The molecule has 0 fully saturated rings. The van der Waals surface area contributed by atoms with Crippen molar-refractivity contribution < 1.29 is 4.79 Å². The number of hydrogen-bond acceptors (Lipinski definition) is 2. The molecule has 0 aromatic heterocycles. The Morgan fingerprint density at radius 2 is 2.42 bits per heavy atom. The van der Waals surface area contributed by atoms with Gasteiger partial charge in [0.25, 0.3) is 0 Å². The van der Waals surface area contributed by atoms with Crippen molar-refractivity contribution in [2.45, 2.75) is 0 Å². The van der Waals surface area contributed by atoms with Gasteiger partial charge in [-0.2, -0.15) is 0 Å². The topological polar surface area (TPSA) is 41.5 Å². The molecule has 0 unspecified atom stereocenters. The summed E-state index contributed by atoms with van der Waals surface area (Å²) in [6.07, 6.45) is 0.630. The van der Waals surface area contributed by atoms with Crippen molar-refractivity contribution in [3.63, 3.8) is 0 Å². The predicted octanol–water partition coefficient (Wildman–Crippen LogP) is 0.960. The maximum absolute atomic E-state index is 10.1. The molecule has 1 aromatic carbocycles. The second-order valence-electron chi connectivity index (χ2n) is 2.02. The number of amides is 1. The number of benzene rings is 1. The van der Waals surface area contributed by atoms with Crippen molar-refractivity contribution in [3.8, 4) is 0 Å². The minimum atomic E-state index is 0.630. The first-order valence-corrected chi connectivity index (χ1v) is 4.10. The van der Waals surface area contributed by atoms with E-state index < -0.39 is 0 Å². The van der Waals surface area contributed by atoms with E-state index in [9.17, 15) is 4.79 Å². The van der Waals surface area contributed by atoms with Gasteiger partial charge in [0.05, 0.1) is 0 Å². The molecule has 3 nitrogen and oxygen atoms in total. The number of anilines is 1. The molecule has 0 heterocycles. The zero-order chi connectivity index (χ0) is 8.81. The molecule has 0 atom stereocenters. The predicted molar refractivity (Wildman–Crippen MR) is 49.0 cm³/mol. The summed E-state index contributed by atoms with van der Waals surface area (Å²) in [6, 6.07) is 7.16. The van der Waals surface area contributed by atoms with Gasteiger partial charge in [0.15, 0.2) is 0 Å². The van der Waals surface area contributed by atoms with Crippen LogP contribution in [0, 0.1) is 0 Å². The molecule has 0 saturated carbocycles. The standard InChI is InChI=1S/C8H6N2OSe/c11-5-9-7-2-1-3-8(4-7)10-6-12/h1-5H,(H,9,11). The van der Waals surface area contributed by atoms with Crippen LogP contribution in [0.3, 0.4) is 0 Å². The van der Waals surface area contributed by atoms with Crippen LogP contribution < -0.4 is 5.32 Å². The minimum absolute atomic E-state index is 0.630. The van der Waals surface area contributed by atoms with E-state index in [4.69, 9.17) is 0 Å². The van der Waals surface area contributed by atoms with Gasteiger partial charge in [-0.25, -0.2) is 0 Å². The van der Waals surface area contributed by atoms with E-state index in [2.05, 4.69) is 30.6 Å². The van der Waals surface area contributed by atoms with Gasteiger partial charge in [0.2, 0.25) is 0 Å². The average Bonchev–Trinajstić information content (AvgIpc) is 2.06. The molecule has 1 aromatic rings. The van der Waals surface area contributed by atoms with Crippen LogP contribution in [0.5, 0.6) is 0 Å². The molecule has 0 spiro atoms. The zero-order valence-electron chi connectivity index (χ0n) is 6.15. The molecule has 1 amide bonds. The molecular weight excluding hydrogens is 219 g/mol. The summed E-state index contributed by atoms with van der Waals surface area (Å²) in [7, 11) is 0. The molecule has 0 radical (unpaired) electrons. The molecule has 4 heteroatoms. The van der Waals surface area contributed by atoms with E-state index >= 15 is 0 Å². The van der Waals surface area contributed by atoms with Crippen molar-refractivity contribution in [2.24, 2.45) is 4.99 Å². The van der Waals surface area contributed by atoms with Crippen LogP contribution in [0.25, 0.3) is 0 Å². The van der Waals surface area contributed by atoms with Crippen LogP contribution >= 0.6 is 0 Å². The normalized spacial score (nSPS) is 8.33. The third kappa shape index (κ3) is 2.44. The number of nitrogens with zero attached hydrogens (tertiary/aromatic N) is 1. The van der Waals surface area contributed by atoms with E-state index in [1.165, 1.54) is 0 Å². The Labute approximate surface area is 77.9 Å². The first-order valence-electron chi connectivity index (χ1n) is 3.25. The monoisotopic (exact) mass is 226 g/mol. The Kier molecular flexibility index (Phi) is 3.42. The number of nitrogens with one attached hydrogen (secondary N) is 1. The molecule has 1 rings (SSSR count). The van der Waals surface area contributed by atoms with Gasteiger partial charge in [-0.15, -0.1) is 0 Å². The molecule has 0 aliphatic heterocycles. The van der Waals surface area contributed by atoms with E-state index in [1.54, 1.807) is 12.1 Å². The van der Waals surface area contributed by atoms with Gasteiger partial charge in [-0.3, -0.25) is 0 Å². The zero-order valence-corrected chi connectivity index (χ0v) is 7.86. The van der Waals surface area contributed by atoms with E-state index in [0.717, 1.165) is 11.4 Å². The molecule has 0 aliphatic rings. The fourth-order valence-corrected chi connectivity index (χ4v) is 1.01. The van der Waals surface area contributed by atoms with Gasteiger partial charge < -0.3 is 0 Å². The molecule has 0 saturated heterocycles. The first-order chi connectivity index (χ1) is 5.86. The average molecular weight is 225 g/mol. The van der Waals surface area contributed by atoms with Gasteiger partial charge >= 0.3 is 77.4 Å². The first kappa shape index (κ1) is 8.88. The SMILES string of the molecule is O=CNc1cccc(N=C=[Se])c1. The fourth-order valence-electron chi connectivity index (χ4n) is 0.786. The van der Waals surface area contributed by atoms with Crippen LogP contribution in [0.4, 0.5) is 11.4 Å². The molecule has 0 aliphatic carbocycles. The van der Waals surface area contributed by atoms with E-state index in [1.807, 2.05) is 12.1 Å². The van der Waals surface area contributed by atoms with Crippen molar-refractivity contribution in [1.29, 1.82) is 0 Å². The molecule has 60 valence electrons. The molecule has 12 heavy (non-hydrogen) atoms. The van der Waals surface area contributed by atoms with Crippen molar-refractivity contribution >= 4 is 38.1 Å². The molecular formula is C8H6N2OSe. The van der Waals surface area contributed by atoms with E-state index in [-0.39, 0.29) is 0 Å². The van der Waals surface area contributed by atoms with Crippen molar-refractivity contribution in [2.75, 3.05) is 5.32 Å². The Morgan fingerprint density at radius 3 is 3.08 bits per heavy atom. The summed E-state index contributed by atoms with van der Waals surface area (Å²) in [5, 5.41) is 2.53. The van der Waals surface area contributed by atoms with Crippen molar-refractivity contribution in [1.82, 2.24) is 0 Å². The summed E-state index contributed by atoms with van der Waals surface area (Å²) < 4.78 is 2.54. The molecule has 1 N–H and O–H groups in total.